The molecule has 0 aliphatic rings. The molecule has 4 rings (SSSR count). The number of hydrogen-bond donors (Lipinski definition) is 0. The van der Waals surface area contributed by atoms with E-state index in [2.05, 4.69) is 78.4 Å². The first-order valence-corrected chi connectivity index (χ1v) is 12.2. The zero-order valence-electron chi connectivity index (χ0n) is 20.4. The fourth-order valence-electron chi connectivity index (χ4n) is 4.60. The van der Waals surface area contributed by atoms with E-state index in [1.54, 1.807) is 0 Å². The van der Waals surface area contributed by atoms with Crippen LogP contribution in [-0.2, 0) is 30.2 Å². The molecule has 0 bridgehead atoms. The van der Waals surface area contributed by atoms with Crippen molar-refractivity contribution in [1.82, 2.24) is 19.1 Å². The molecule has 2 aromatic heterocycles. The van der Waals surface area contributed by atoms with Crippen molar-refractivity contribution in [3.05, 3.63) is 60.2 Å². The first-order valence-electron chi connectivity index (χ1n) is 12.2. The predicted molar refractivity (Wildman–Crippen MR) is 131 cm³/mol. The third kappa shape index (κ3) is 6.37. The molecule has 0 fully saturated rings. The largest absolute Gasteiger partial charge is 2.00 e. The second kappa shape index (κ2) is 14.8. The van der Waals surface area contributed by atoms with Crippen LogP contribution >= 0.6 is 0 Å². The van der Waals surface area contributed by atoms with Crippen LogP contribution in [0.15, 0.2) is 48.5 Å². The summed E-state index contributed by atoms with van der Waals surface area (Å²) in [6.45, 7) is 8.83. The van der Waals surface area contributed by atoms with Gasteiger partial charge in [-0.2, -0.15) is 0 Å². The molecule has 0 atom stereocenters. The van der Waals surface area contributed by atoms with Gasteiger partial charge in [0, 0.05) is 13.1 Å². The quantitative estimate of drug-likeness (QED) is 0.264. The molecule has 2 aromatic carbocycles. The normalized spacial score (nSPS) is 10.8. The van der Waals surface area contributed by atoms with E-state index in [0.717, 1.165) is 30.5 Å². The number of nitrogens with zero attached hydrogens (tertiary/aromatic N) is 4. The molecule has 4 aromatic rings. The Labute approximate surface area is 227 Å². The van der Waals surface area contributed by atoms with E-state index in [4.69, 9.17) is 9.97 Å². The van der Waals surface area contributed by atoms with Crippen molar-refractivity contribution in [1.29, 1.82) is 0 Å². The predicted octanol–water partition coefficient (Wildman–Crippen LogP) is 1.31. The molecule has 0 amide bonds. The Balaban J connectivity index is 0.00000193. The summed E-state index contributed by atoms with van der Waals surface area (Å²) in [6, 6.07) is 17.2. The number of aromatic nitrogens is 4. The zero-order valence-corrected chi connectivity index (χ0v) is 22.9. The van der Waals surface area contributed by atoms with Gasteiger partial charge in [-0.25, -0.2) is 9.97 Å². The van der Waals surface area contributed by atoms with Crippen LogP contribution in [-0.4, -0.2) is 19.1 Å². The average molecular weight is 551 g/mol. The molecule has 1 radical (unpaired) electrons. The Morgan fingerprint density at radius 2 is 1.06 bits per heavy atom. The minimum absolute atomic E-state index is 0. The number of imidazole rings is 2. The Bertz CT molecular complexity index is 1050. The zero-order chi connectivity index (χ0) is 21.6. The van der Waals surface area contributed by atoms with Crippen LogP contribution < -0.4 is 24.8 Å². The number of rotatable bonds is 11. The maximum Gasteiger partial charge on any atom is 2.00 e. The number of unbranched alkanes of at least 4 members (excludes halogenated alkanes) is 3. The molecule has 2 heterocycles. The fraction of sp³-hybridized carbons (Fsp3) is 0.481. The van der Waals surface area contributed by atoms with Crippen LogP contribution in [0.25, 0.3) is 22.1 Å². The van der Waals surface area contributed by atoms with Crippen molar-refractivity contribution < 1.29 is 41.9 Å². The van der Waals surface area contributed by atoms with Gasteiger partial charge in [-0.15, -0.1) is 0 Å². The Morgan fingerprint density at radius 3 is 1.47 bits per heavy atom. The Hall–Kier alpha value is -1.52. The summed E-state index contributed by atoms with van der Waals surface area (Å²) in [5.41, 5.74) is 4.71. The molecule has 34 heavy (non-hydrogen) atoms. The van der Waals surface area contributed by atoms with Crippen molar-refractivity contribution in [2.75, 3.05) is 0 Å². The molecule has 0 unspecified atom stereocenters. The molecule has 0 N–H and O–H groups in total. The van der Waals surface area contributed by atoms with Gasteiger partial charge in [0.2, 0.25) is 0 Å². The number of hydrogen-bond acceptors (Lipinski definition) is 2. The molecule has 0 aliphatic heterocycles. The minimum atomic E-state index is 0. The van der Waals surface area contributed by atoms with Crippen molar-refractivity contribution in [3.63, 3.8) is 0 Å². The molecule has 0 saturated heterocycles. The first kappa shape index (κ1) is 30.5. The van der Waals surface area contributed by atoms with E-state index >= 15 is 0 Å². The van der Waals surface area contributed by atoms with Gasteiger partial charge < -0.3 is 33.9 Å². The van der Waals surface area contributed by atoms with Gasteiger partial charge in [-0.3, -0.25) is 0 Å². The third-order valence-electron chi connectivity index (χ3n) is 6.31. The van der Waals surface area contributed by atoms with E-state index in [1.807, 2.05) is 0 Å². The topological polar surface area (TPSA) is 35.6 Å². The second-order valence-corrected chi connectivity index (χ2v) is 8.62. The summed E-state index contributed by atoms with van der Waals surface area (Å²) in [4.78, 5) is 10.4. The van der Waals surface area contributed by atoms with Crippen LogP contribution in [0.2, 0.25) is 0 Å². The first-order chi connectivity index (χ1) is 15.3. The van der Waals surface area contributed by atoms with Gasteiger partial charge in [0.25, 0.3) is 0 Å². The summed E-state index contributed by atoms with van der Waals surface area (Å²) in [6.07, 6.45) is 8.14. The number of benzene rings is 2. The minimum Gasteiger partial charge on any atom is -1.00 e. The summed E-state index contributed by atoms with van der Waals surface area (Å²) in [5.74, 6) is 2.60. The van der Waals surface area contributed by atoms with E-state index in [9.17, 15) is 0 Å². The standard InChI is InChI=1S/C27H36N4.2ClH.Cu/c1-4-7-14-21(26-28-22-15-10-12-17-24(22)30(26)19-8-5-2)27-29-23-16-11-13-18-25(23)31(27)20-9-6-3;;;/h10-13,15-18,21H,4-9,14,19-20H2,1-3H3;2*1H;/q;;;+2/p-2. The average Bonchev–Trinajstić information content (AvgIpc) is 3.35. The SMILES string of the molecule is CCCCC(c1nc2ccccc2n1CCCC)c1nc2ccccc2n1CCCC.[Cl-].[Cl-].[Cu+2]. The summed E-state index contributed by atoms with van der Waals surface area (Å²) >= 11 is 0. The molecular weight excluding hydrogens is 515 g/mol. The Morgan fingerprint density at radius 1 is 0.647 bits per heavy atom. The molecular formula is C27H36Cl2CuN4. The molecule has 0 aliphatic carbocycles. The van der Waals surface area contributed by atoms with Gasteiger partial charge in [0.05, 0.1) is 28.0 Å². The van der Waals surface area contributed by atoms with Crippen molar-refractivity contribution in [2.45, 2.75) is 84.7 Å². The van der Waals surface area contributed by atoms with E-state index in [0.29, 0.717) is 0 Å². The van der Waals surface area contributed by atoms with E-state index < -0.39 is 0 Å². The number of fused-ring (bicyclic) bond motifs is 2. The Kier molecular flexibility index (Phi) is 13.3. The van der Waals surface area contributed by atoms with Gasteiger partial charge in [-0.1, -0.05) is 70.7 Å². The maximum atomic E-state index is 5.20. The van der Waals surface area contributed by atoms with Crippen molar-refractivity contribution >= 4 is 22.1 Å². The second-order valence-electron chi connectivity index (χ2n) is 8.62. The van der Waals surface area contributed by atoms with Gasteiger partial charge >= 0.3 is 17.1 Å². The van der Waals surface area contributed by atoms with Gasteiger partial charge in [0.1, 0.15) is 11.6 Å². The van der Waals surface area contributed by atoms with Gasteiger partial charge in [-0.05, 0) is 43.5 Å². The molecule has 4 nitrogen and oxygen atoms in total. The third-order valence-corrected chi connectivity index (χ3v) is 6.31. The van der Waals surface area contributed by atoms with Crippen LogP contribution in [0.5, 0.6) is 0 Å². The molecule has 0 spiro atoms. The fourth-order valence-corrected chi connectivity index (χ4v) is 4.60. The van der Waals surface area contributed by atoms with E-state index in [1.165, 1.54) is 61.2 Å². The summed E-state index contributed by atoms with van der Waals surface area (Å²) in [7, 11) is 0. The number of para-hydroxylation sites is 4. The maximum absolute atomic E-state index is 5.20. The van der Waals surface area contributed by atoms with Crippen molar-refractivity contribution in [3.8, 4) is 0 Å². The summed E-state index contributed by atoms with van der Waals surface area (Å²) in [5, 5.41) is 0. The van der Waals surface area contributed by atoms with Crippen LogP contribution in [0, 0.1) is 0 Å². The van der Waals surface area contributed by atoms with Crippen LogP contribution in [0.1, 0.15) is 83.3 Å². The number of aryl methyl sites for hydroxylation is 2. The number of halogens is 2. The monoisotopic (exact) mass is 549 g/mol. The molecule has 189 valence electrons. The van der Waals surface area contributed by atoms with Crippen LogP contribution in [0.4, 0.5) is 0 Å². The molecule has 7 heteroatoms. The van der Waals surface area contributed by atoms with Crippen LogP contribution in [0.3, 0.4) is 0 Å². The summed E-state index contributed by atoms with van der Waals surface area (Å²) < 4.78 is 4.95. The smallest absolute Gasteiger partial charge is 1.00 e. The molecule has 0 saturated carbocycles. The van der Waals surface area contributed by atoms with E-state index in [-0.39, 0.29) is 47.8 Å². The van der Waals surface area contributed by atoms with Gasteiger partial charge in [0.15, 0.2) is 0 Å². The van der Waals surface area contributed by atoms with Crippen molar-refractivity contribution in [2.24, 2.45) is 0 Å².